The van der Waals surface area contributed by atoms with Gasteiger partial charge in [-0.1, -0.05) is 27.7 Å². The molecule has 0 amide bonds. The summed E-state index contributed by atoms with van der Waals surface area (Å²) in [4.78, 5) is 12.0. The van der Waals surface area contributed by atoms with Crippen molar-refractivity contribution in [1.82, 2.24) is 5.32 Å². The lowest BCUT2D eigenvalue weighted by molar-refractivity contribution is -0.126. The Kier molecular flexibility index (Phi) is 4.11. The Morgan fingerprint density at radius 1 is 1.29 bits per heavy atom. The fraction of sp³-hybridized carbons (Fsp3) is 0.917. The highest BCUT2D eigenvalue weighted by Gasteiger charge is 2.33. The maximum absolute atomic E-state index is 12.0. The van der Waals surface area contributed by atoms with Crippen LogP contribution in [0.4, 0.5) is 0 Å². The fourth-order valence-electron chi connectivity index (χ4n) is 2.30. The molecule has 1 N–H and O–H groups in total. The van der Waals surface area contributed by atoms with E-state index in [1.165, 1.54) is 12.8 Å². The summed E-state index contributed by atoms with van der Waals surface area (Å²) in [5, 5.41) is 3.38. The summed E-state index contributed by atoms with van der Waals surface area (Å²) in [6.45, 7) is 9.44. The van der Waals surface area contributed by atoms with Crippen LogP contribution in [0, 0.1) is 17.8 Å². The van der Waals surface area contributed by atoms with Crippen LogP contribution in [0.2, 0.25) is 0 Å². The Balaban J connectivity index is 2.67. The van der Waals surface area contributed by atoms with E-state index in [2.05, 4.69) is 19.2 Å². The molecule has 1 saturated heterocycles. The average Bonchev–Trinajstić information content (AvgIpc) is 2.16. The van der Waals surface area contributed by atoms with Gasteiger partial charge in [0.05, 0.1) is 6.04 Å². The molecular formula is C12H23NO. The molecule has 1 aliphatic rings. The van der Waals surface area contributed by atoms with E-state index in [0.29, 0.717) is 17.6 Å². The van der Waals surface area contributed by atoms with Crippen molar-refractivity contribution in [2.24, 2.45) is 17.8 Å². The number of ketones is 1. The number of hydrogen-bond acceptors (Lipinski definition) is 2. The third-order valence-electron chi connectivity index (χ3n) is 3.24. The number of carbonyl (C=O) groups is 1. The Bertz CT molecular complexity index is 198. The molecule has 1 rings (SSSR count). The molecule has 2 nitrogen and oxygen atoms in total. The second kappa shape index (κ2) is 4.92. The number of hydrogen-bond donors (Lipinski definition) is 1. The van der Waals surface area contributed by atoms with E-state index >= 15 is 0 Å². The van der Waals surface area contributed by atoms with Crippen LogP contribution in [0.5, 0.6) is 0 Å². The van der Waals surface area contributed by atoms with E-state index in [9.17, 15) is 4.79 Å². The minimum absolute atomic E-state index is 0.115. The van der Waals surface area contributed by atoms with Crippen LogP contribution in [0.3, 0.4) is 0 Å². The van der Waals surface area contributed by atoms with Gasteiger partial charge in [0.2, 0.25) is 0 Å². The van der Waals surface area contributed by atoms with Gasteiger partial charge < -0.3 is 5.32 Å². The molecular weight excluding hydrogens is 174 g/mol. The first-order valence-electron chi connectivity index (χ1n) is 5.81. The number of Topliss-reactive ketones (excluding diaryl/α,β-unsaturated/α-hetero) is 1. The maximum Gasteiger partial charge on any atom is 0.152 e. The molecule has 0 aromatic rings. The molecule has 0 spiro atoms. The lowest BCUT2D eigenvalue weighted by Crippen LogP contribution is -2.50. The summed E-state index contributed by atoms with van der Waals surface area (Å²) < 4.78 is 0. The van der Waals surface area contributed by atoms with Gasteiger partial charge in [-0.05, 0) is 31.2 Å². The van der Waals surface area contributed by atoms with E-state index in [-0.39, 0.29) is 12.0 Å². The molecule has 0 saturated carbocycles. The van der Waals surface area contributed by atoms with Crippen molar-refractivity contribution >= 4 is 5.78 Å². The van der Waals surface area contributed by atoms with Gasteiger partial charge in [-0.3, -0.25) is 4.79 Å². The van der Waals surface area contributed by atoms with Crippen LogP contribution in [0.15, 0.2) is 0 Å². The maximum atomic E-state index is 12.0. The third kappa shape index (κ3) is 2.57. The molecule has 0 aromatic carbocycles. The first-order valence-corrected chi connectivity index (χ1v) is 5.81. The second-order valence-corrected chi connectivity index (χ2v) is 5.04. The molecule has 2 unspecified atom stereocenters. The van der Waals surface area contributed by atoms with Gasteiger partial charge in [0.15, 0.2) is 5.78 Å². The summed E-state index contributed by atoms with van der Waals surface area (Å²) >= 11 is 0. The summed E-state index contributed by atoms with van der Waals surface area (Å²) in [5.41, 5.74) is 0. The molecule has 14 heavy (non-hydrogen) atoms. The molecule has 0 aromatic heterocycles. The van der Waals surface area contributed by atoms with Crippen molar-refractivity contribution in [1.29, 1.82) is 0 Å². The van der Waals surface area contributed by atoms with Crippen molar-refractivity contribution in [2.75, 3.05) is 6.54 Å². The predicted octanol–water partition coefficient (Wildman–Crippen LogP) is 2.24. The Labute approximate surface area is 87.5 Å². The Morgan fingerprint density at radius 3 is 2.43 bits per heavy atom. The van der Waals surface area contributed by atoms with Crippen LogP contribution >= 0.6 is 0 Å². The molecule has 2 atom stereocenters. The van der Waals surface area contributed by atoms with Crippen LogP contribution < -0.4 is 5.32 Å². The summed E-state index contributed by atoms with van der Waals surface area (Å²) in [7, 11) is 0. The van der Waals surface area contributed by atoms with Crippen molar-refractivity contribution in [3.63, 3.8) is 0 Å². The minimum Gasteiger partial charge on any atom is -0.307 e. The van der Waals surface area contributed by atoms with Gasteiger partial charge in [0.1, 0.15) is 0 Å². The SMILES string of the molecule is CC(C)C(=O)C1NCCCC1C(C)C. The molecule has 1 fully saturated rings. The normalized spacial score (nSPS) is 28.4. The Hall–Kier alpha value is -0.370. The zero-order valence-electron chi connectivity index (χ0n) is 9.84. The van der Waals surface area contributed by atoms with Gasteiger partial charge >= 0.3 is 0 Å². The van der Waals surface area contributed by atoms with Gasteiger partial charge in [-0.25, -0.2) is 0 Å². The molecule has 0 radical (unpaired) electrons. The van der Waals surface area contributed by atoms with Crippen LogP contribution in [0.25, 0.3) is 0 Å². The predicted molar refractivity (Wildman–Crippen MR) is 59.2 cm³/mol. The number of nitrogens with one attached hydrogen (secondary N) is 1. The monoisotopic (exact) mass is 197 g/mol. The van der Waals surface area contributed by atoms with E-state index < -0.39 is 0 Å². The van der Waals surface area contributed by atoms with Crippen molar-refractivity contribution in [2.45, 2.75) is 46.6 Å². The smallest absolute Gasteiger partial charge is 0.152 e. The molecule has 2 heteroatoms. The zero-order valence-corrected chi connectivity index (χ0v) is 9.84. The standard InChI is InChI=1S/C12H23NO/c1-8(2)10-6-5-7-13-11(10)12(14)9(3)4/h8-11,13H,5-7H2,1-4H3. The summed E-state index contributed by atoms with van der Waals surface area (Å²) in [5.74, 6) is 1.70. The van der Waals surface area contributed by atoms with E-state index in [4.69, 9.17) is 0 Å². The number of rotatable bonds is 3. The van der Waals surface area contributed by atoms with Crippen LogP contribution in [-0.2, 0) is 4.79 Å². The third-order valence-corrected chi connectivity index (χ3v) is 3.24. The van der Waals surface area contributed by atoms with Gasteiger partial charge in [-0.15, -0.1) is 0 Å². The Morgan fingerprint density at radius 2 is 1.93 bits per heavy atom. The van der Waals surface area contributed by atoms with E-state index in [1.54, 1.807) is 0 Å². The number of piperidine rings is 1. The average molecular weight is 197 g/mol. The molecule has 0 aliphatic carbocycles. The molecule has 82 valence electrons. The van der Waals surface area contributed by atoms with Crippen LogP contribution in [0.1, 0.15) is 40.5 Å². The highest BCUT2D eigenvalue weighted by Crippen LogP contribution is 2.26. The largest absolute Gasteiger partial charge is 0.307 e. The zero-order chi connectivity index (χ0) is 10.7. The highest BCUT2D eigenvalue weighted by atomic mass is 16.1. The fourth-order valence-corrected chi connectivity index (χ4v) is 2.30. The lowest BCUT2D eigenvalue weighted by Gasteiger charge is -2.35. The second-order valence-electron chi connectivity index (χ2n) is 5.04. The van der Waals surface area contributed by atoms with Crippen molar-refractivity contribution in [3.8, 4) is 0 Å². The highest BCUT2D eigenvalue weighted by molar-refractivity contribution is 5.86. The first-order chi connectivity index (χ1) is 6.54. The quantitative estimate of drug-likeness (QED) is 0.751. The number of carbonyl (C=O) groups excluding carboxylic acids is 1. The molecule has 1 heterocycles. The first kappa shape index (κ1) is 11.7. The molecule has 0 bridgehead atoms. The summed E-state index contributed by atoms with van der Waals surface area (Å²) in [6, 6.07) is 0.115. The molecule has 1 aliphatic heterocycles. The lowest BCUT2D eigenvalue weighted by atomic mass is 9.78. The van der Waals surface area contributed by atoms with Gasteiger partial charge in [-0.2, -0.15) is 0 Å². The van der Waals surface area contributed by atoms with Crippen molar-refractivity contribution in [3.05, 3.63) is 0 Å². The van der Waals surface area contributed by atoms with E-state index in [1.807, 2.05) is 13.8 Å². The van der Waals surface area contributed by atoms with Gasteiger partial charge in [0.25, 0.3) is 0 Å². The topological polar surface area (TPSA) is 29.1 Å². The van der Waals surface area contributed by atoms with Crippen molar-refractivity contribution < 1.29 is 4.79 Å². The van der Waals surface area contributed by atoms with Gasteiger partial charge in [0, 0.05) is 5.92 Å². The summed E-state index contributed by atoms with van der Waals surface area (Å²) in [6.07, 6.45) is 2.42. The minimum atomic E-state index is 0.115. The van der Waals surface area contributed by atoms with Crippen LogP contribution in [-0.4, -0.2) is 18.4 Å². The van der Waals surface area contributed by atoms with E-state index in [0.717, 1.165) is 6.54 Å².